The SMILES string of the molecule is Cc1ccccc1NC(=O)N1CCC[C@@H](CN2CCCC[C@@H]2C)C1. The van der Waals surface area contributed by atoms with Crippen molar-refractivity contribution in [3.05, 3.63) is 29.8 Å². The molecule has 2 fully saturated rings. The van der Waals surface area contributed by atoms with E-state index in [1.165, 1.54) is 32.2 Å². The van der Waals surface area contributed by atoms with Crippen molar-refractivity contribution in [2.45, 2.75) is 52.0 Å². The van der Waals surface area contributed by atoms with Gasteiger partial charge >= 0.3 is 6.03 Å². The number of amides is 2. The van der Waals surface area contributed by atoms with E-state index < -0.39 is 0 Å². The number of carbonyl (C=O) groups excluding carboxylic acids is 1. The molecule has 2 atom stereocenters. The van der Waals surface area contributed by atoms with E-state index in [2.05, 4.69) is 17.1 Å². The van der Waals surface area contributed by atoms with Crippen molar-refractivity contribution in [3.63, 3.8) is 0 Å². The van der Waals surface area contributed by atoms with Crippen LogP contribution in [0.5, 0.6) is 0 Å². The van der Waals surface area contributed by atoms with E-state index in [1.807, 2.05) is 36.1 Å². The number of hydrogen-bond acceptors (Lipinski definition) is 2. The highest BCUT2D eigenvalue weighted by atomic mass is 16.2. The van der Waals surface area contributed by atoms with Crippen LogP contribution in [0, 0.1) is 12.8 Å². The van der Waals surface area contributed by atoms with Gasteiger partial charge in [-0.1, -0.05) is 24.6 Å². The molecule has 1 aromatic carbocycles. The zero-order valence-electron chi connectivity index (χ0n) is 15.1. The molecule has 1 N–H and O–H groups in total. The smallest absolute Gasteiger partial charge is 0.321 e. The maximum absolute atomic E-state index is 12.6. The second-order valence-corrected chi connectivity index (χ2v) is 7.54. The van der Waals surface area contributed by atoms with Gasteiger partial charge in [-0.3, -0.25) is 0 Å². The van der Waals surface area contributed by atoms with E-state index in [-0.39, 0.29) is 6.03 Å². The molecule has 0 radical (unpaired) electrons. The van der Waals surface area contributed by atoms with Crippen molar-refractivity contribution in [1.82, 2.24) is 9.80 Å². The number of hydrogen-bond donors (Lipinski definition) is 1. The number of nitrogens with one attached hydrogen (secondary N) is 1. The number of nitrogens with zero attached hydrogens (tertiary/aromatic N) is 2. The number of rotatable bonds is 3. The normalized spacial score (nSPS) is 25.5. The Morgan fingerprint density at radius 3 is 2.79 bits per heavy atom. The summed E-state index contributed by atoms with van der Waals surface area (Å²) in [4.78, 5) is 17.3. The number of anilines is 1. The third-order valence-corrected chi connectivity index (χ3v) is 5.63. The summed E-state index contributed by atoms with van der Waals surface area (Å²) in [6.45, 7) is 8.53. The lowest BCUT2D eigenvalue weighted by Crippen LogP contribution is -2.47. The Morgan fingerprint density at radius 1 is 1.17 bits per heavy atom. The van der Waals surface area contributed by atoms with Crippen LogP contribution in [0.1, 0.15) is 44.6 Å². The standard InChI is InChI=1S/C20H31N3O/c1-16-8-3-4-11-19(16)21-20(24)23-13-7-10-18(15-23)14-22-12-6-5-9-17(22)2/h3-4,8,11,17-18H,5-7,9-10,12-15H2,1-2H3,(H,21,24)/t17-,18-/m0/s1. The fourth-order valence-corrected chi connectivity index (χ4v) is 4.07. The largest absolute Gasteiger partial charge is 0.324 e. The minimum atomic E-state index is 0.0562. The number of aryl methyl sites for hydroxylation is 1. The minimum absolute atomic E-state index is 0.0562. The van der Waals surface area contributed by atoms with Crippen LogP contribution in [0.4, 0.5) is 10.5 Å². The molecule has 0 aromatic heterocycles. The average Bonchev–Trinajstić information content (AvgIpc) is 2.59. The van der Waals surface area contributed by atoms with Crippen LogP contribution in [-0.2, 0) is 0 Å². The van der Waals surface area contributed by atoms with Gasteiger partial charge in [-0.2, -0.15) is 0 Å². The average molecular weight is 329 g/mol. The van der Waals surface area contributed by atoms with Crippen LogP contribution in [0.25, 0.3) is 0 Å². The molecule has 2 aliphatic rings. The molecule has 132 valence electrons. The molecule has 4 nitrogen and oxygen atoms in total. The first kappa shape index (κ1) is 17.3. The molecule has 0 bridgehead atoms. The topological polar surface area (TPSA) is 35.6 Å². The molecular weight excluding hydrogens is 298 g/mol. The fraction of sp³-hybridized carbons (Fsp3) is 0.650. The molecule has 2 saturated heterocycles. The second kappa shape index (κ2) is 8.02. The van der Waals surface area contributed by atoms with Crippen molar-refractivity contribution >= 4 is 11.7 Å². The van der Waals surface area contributed by atoms with Gasteiger partial charge in [-0.05, 0) is 63.6 Å². The van der Waals surface area contributed by atoms with Gasteiger partial charge in [-0.15, -0.1) is 0 Å². The lowest BCUT2D eigenvalue weighted by molar-refractivity contribution is 0.104. The molecule has 24 heavy (non-hydrogen) atoms. The van der Waals surface area contributed by atoms with Crippen LogP contribution < -0.4 is 5.32 Å². The summed E-state index contributed by atoms with van der Waals surface area (Å²) >= 11 is 0. The summed E-state index contributed by atoms with van der Waals surface area (Å²) in [6.07, 6.45) is 6.39. The molecule has 2 heterocycles. The van der Waals surface area contributed by atoms with Gasteiger partial charge in [0, 0.05) is 31.4 Å². The summed E-state index contributed by atoms with van der Waals surface area (Å²) in [7, 11) is 0. The molecule has 0 spiro atoms. The molecule has 2 amide bonds. The molecule has 1 aromatic rings. The van der Waals surface area contributed by atoms with E-state index >= 15 is 0 Å². The summed E-state index contributed by atoms with van der Waals surface area (Å²) in [6, 6.07) is 8.74. The van der Waals surface area contributed by atoms with Gasteiger partial charge in [0.25, 0.3) is 0 Å². The first-order valence-corrected chi connectivity index (χ1v) is 9.49. The number of likely N-dealkylation sites (tertiary alicyclic amines) is 2. The highest BCUT2D eigenvalue weighted by Gasteiger charge is 2.27. The van der Waals surface area contributed by atoms with Gasteiger partial charge in [0.15, 0.2) is 0 Å². The van der Waals surface area contributed by atoms with E-state index in [9.17, 15) is 4.79 Å². The van der Waals surface area contributed by atoms with Crippen molar-refractivity contribution in [2.75, 3.05) is 31.5 Å². The molecule has 4 heteroatoms. The van der Waals surface area contributed by atoms with Crippen LogP contribution >= 0.6 is 0 Å². The number of para-hydroxylation sites is 1. The van der Waals surface area contributed by atoms with E-state index in [0.717, 1.165) is 37.3 Å². The lowest BCUT2D eigenvalue weighted by Gasteiger charge is -2.39. The zero-order valence-corrected chi connectivity index (χ0v) is 15.1. The highest BCUT2D eigenvalue weighted by molar-refractivity contribution is 5.90. The Bertz CT molecular complexity index is 560. The second-order valence-electron chi connectivity index (χ2n) is 7.54. The number of urea groups is 1. The van der Waals surface area contributed by atoms with Crippen molar-refractivity contribution < 1.29 is 4.79 Å². The molecule has 0 aliphatic carbocycles. The fourth-order valence-electron chi connectivity index (χ4n) is 4.07. The number of piperidine rings is 2. The van der Waals surface area contributed by atoms with E-state index in [0.29, 0.717) is 12.0 Å². The van der Waals surface area contributed by atoms with Crippen LogP contribution in [0.2, 0.25) is 0 Å². The maximum Gasteiger partial charge on any atom is 0.321 e. The Morgan fingerprint density at radius 2 is 2.00 bits per heavy atom. The summed E-state index contributed by atoms with van der Waals surface area (Å²) in [5, 5.41) is 3.09. The Hall–Kier alpha value is -1.55. The van der Waals surface area contributed by atoms with E-state index in [1.54, 1.807) is 0 Å². The highest BCUT2D eigenvalue weighted by Crippen LogP contribution is 2.23. The zero-order chi connectivity index (χ0) is 16.9. The number of carbonyl (C=O) groups is 1. The molecule has 3 rings (SSSR count). The Balaban J connectivity index is 1.55. The Kier molecular flexibility index (Phi) is 5.77. The maximum atomic E-state index is 12.6. The van der Waals surface area contributed by atoms with Gasteiger partial charge < -0.3 is 15.1 Å². The first-order valence-electron chi connectivity index (χ1n) is 9.49. The summed E-state index contributed by atoms with van der Waals surface area (Å²) < 4.78 is 0. The van der Waals surface area contributed by atoms with Gasteiger partial charge in [-0.25, -0.2) is 4.79 Å². The van der Waals surface area contributed by atoms with E-state index in [4.69, 9.17) is 0 Å². The van der Waals surface area contributed by atoms with Gasteiger partial charge in [0.2, 0.25) is 0 Å². The van der Waals surface area contributed by atoms with Crippen LogP contribution in [0.3, 0.4) is 0 Å². The number of benzene rings is 1. The monoisotopic (exact) mass is 329 g/mol. The first-order chi connectivity index (χ1) is 11.6. The quantitative estimate of drug-likeness (QED) is 0.905. The molecular formula is C20H31N3O. The predicted octanol–water partition coefficient (Wildman–Crippen LogP) is 4.11. The van der Waals surface area contributed by atoms with Crippen LogP contribution in [-0.4, -0.2) is 48.1 Å². The molecule has 0 saturated carbocycles. The van der Waals surface area contributed by atoms with Crippen molar-refractivity contribution in [2.24, 2.45) is 5.92 Å². The summed E-state index contributed by atoms with van der Waals surface area (Å²) in [5.41, 5.74) is 2.04. The lowest BCUT2D eigenvalue weighted by atomic mass is 9.95. The van der Waals surface area contributed by atoms with Gasteiger partial charge in [0.1, 0.15) is 0 Å². The Labute approximate surface area is 146 Å². The molecule has 0 unspecified atom stereocenters. The van der Waals surface area contributed by atoms with Crippen molar-refractivity contribution in [3.8, 4) is 0 Å². The molecule has 2 aliphatic heterocycles. The summed E-state index contributed by atoms with van der Waals surface area (Å²) in [5.74, 6) is 0.613. The minimum Gasteiger partial charge on any atom is -0.324 e. The third kappa shape index (κ3) is 4.29. The predicted molar refractivity (Wildman–Crippen MR) is 99.4 cm³/mol. The third-order valence-electron chi connectivity index (χ3n) is 5.63. The van der Waals surface area contributed by atoms with Crippen molar-refractivity contribution in [1.29, 1.82) is 0 Å². The van der Waals surface area contributed by atoms with Gasteiger partial charge in [0.05, 0.1) is 0 Å². The van der Waals surface area contributed by atoms with Crippen LogP contribution in [0.15, 0.2) is 24.3 Å².